The zero-order valence-electron chi connectivity index (χ0n) is 27.4. The van der Waals surface area contributed by atoms with Gasteiger partial charge in [0.25, 0.3) is 0 Å². The molecule has 7 aromatic carbocycles. The lowest BCUT2D eigenvalue weighted by Crippen LogP contribution is -2.06. The topological polar surface area (TPSA) is 35.6 Å². The van der Waals surface area contributed by atoms with Crippen LogP contribution < -0.4 is 0 Å². The predicted octanol–water partition coefficient (Wildman–Crippen LogP) is 12.3. The van der Waals surface area contributed by atoms with E-state index < -0.39 is 0 Å². The first-order valence-electron chi connectivity index (χ1n) is 17.0. The van der Waals surface area contributed by atoms with E-state index in [1.165, 1.54) is 38.1 Å². The normalized spacial score (nSPS) is 11.6. The highest BCUT2D eigenvalue weighted by Crippen LogP contribution is 2.39. The van der Waals surface area contributed by atoms with Gasteiger partial charge >= 0.3 is 0 Å². The molecule has 0 fully saturated rings. The third-order valence-corrected chi connectivity index (χ3v) is 10.8. The van der Waals surface area contributed by atoms with Gasteiger partial charge in [-0.15, -0.1) is 0 Å². The second-order valence-corrected chi connectivity index (χ2v) is 13.8. The van der Waals surface area contributed by atoms with E-state index in [0.717, 1.165) is 48.5 Å². The van der Waals surface area contributed by atoms with Gasteiger partial charge in [0.15, 0.2) is 11.6 Å². The Morgan fingerprint density at radius 3 is 1.45 bits per heavy atom. The van der Waals surface area contributed by atoms with Crippen LogP contribution in [0.4, 0.5) is 0 Å². The minimum Gasteiger partial charge on any atom is -0.309 e. The Bertz CT molecular complexity index is 2850. The molecule has 3 aromatic heterocycles. The van der Waals surface area contributed by atoms with Crippen LogP contribution in [-0.4, -0.2) is 19.1 Å². The van der Waals surface area contributed by atoms with Crippen LogP contribution in [-0.2, 0) is 0 Å². The van der Waals surface area contributed by atoms with Crippen molar-refractivity contribution in [2.75, 3.05) is 0 Å². The number of hydrogen-bond acceptors (Lipinski definition) is 2. The first-order valence-corrected chi connectivity index (χ1v) is 18.1. The van der Waals surface area contributed by atoms with Gasteiger partial charge in [0.05, 0.1) is 31.3 Å². The molecule has 10 aromatic rings. The van der Waals surface area contributed by atoms with Gasteiger partial charge in [-0.05, 0) is 64.0 Å². The van der Waals surface area contributed by atoms with Gasteiger partial charge in [-0.3, -0.25) is 4.57 Å². The summed E-state index contributed by atoms with van der Waals surface area (Å²) in [7, 11) is 0. The summed E-state index contributed by atoms with van der Waals surface area (Å²) in [4.78, 5) is 10.6. The molecule has 0 atom stereocenters. The number of para-hydroxylation sites is 3. The predicted molar refractivity (Wildman–Crippen MR) is 220 cm³/mol. The van der Waals surface area contributed by atoms with E-state index in [1.807, 2.05) is 12.1 Å². The second-order valence-electron chi connectivity index (χ2n) is 12.8. The lowest BCUT2D eigenvalue weighted by molar-refractivity contribution is 1.03. The van der Waals surface area contributed by atoms with Crippen molar-refractivity contribution in [3.63, 3.8) is 0 Å². The molecule has 0 radical (unpaired) electrons. The summed E-state index contributed by atoms with van der Waals surface area (Å²) in [6, 6.07) is 62.3. The average Bonchev–Trinajstić information content (AvgIpc) is 3.71. The quantitative estimate of drug-likeness (QED) is 0.164. The van der Waals surface area contributed by atoms with Gasteiger partial charge in [-0.2, -0.15) is 0 Å². The van der Waals surface area contributed by atoms with Crippen LogP contribution in [0.3, 0.4) is 0 Å². The summed E-state index contributed by atoms with van der Waals surface area (Å²) < 4.78 is 5.71. The Morgan fingerprint density at radius 1 is 0.373 bits per heavy atom. The molecule has 0 saturated carbocycles. The molecule has 4 nitrogen and oxygen atoms in total. The molecule has 0 bridgehead atoms. The number of aromatic nitrogens is 4. The molecule has 240 valence electrons. The van der Waals surface area contributed by atoms with Crippen molar-refractivity contribution in [3.05, 3.63) is 179 Å². The Kier molecular flexibility index (Phi) is 7.06. The van der Waals surface area contributed by atoms with Crippen molar-refractivity contribution >= 4 is 66.2 Å². The molecule has 0 saturated heterocycles. The fraction of sp³-hybridized carbons (Fsp3) is 0. The molecule has 0 aliphatic rings. The zero-order valence-corrected chi connectivity index (χ0v) is 29.6. The van der Waals surface area contributed by atoms with Crippen molar-refractivity contribution in [3.8, 4) is 45.3 Å². The fourth-order valence-corrected chi connectivity index (χ4v) is 8.26. The second kappa shape index (κ2) is 12.1. The smallest absolute Gasteiger partial charge is 0.162 e. The largest absolute Gasteiger partial charge is 0.309 e. The van der Waals surface area contributed by atoms with Crippen LogP contribution >= 0.6 is 22.6 Å². The number of nitrogens with zero attached hydrogens (tertiary/aromatic N) is 4. The summed E-state index contributed by atoms with van der Waals surface area (Å²) in [5.41, 5.74) is 11.0. The molecule has 10 rings (SSSR count). The Balaban J connectivity index is 1.24. The number of fused-ring (bicyclic) bond motifs is 6. The number of hydrogen-bond donors (Lipinski definition) is 0. The van der Waals surface area contributed by atoms with Gasteiger partial charge in [-0.25, -0.2) is 9.97 Å². The maximum Gasteiger partial charge on any atom is 0.162 e. The molecule has 0 N–H and O–H groups in total. The highest BCUT2D eigenvalue weighted by atomic mass is 127. The number of rotatable bonds is 5. The van der Waals surface area contributed by atoms with Crippen LogP contribution in [0.2, 0.25) is 0 Å². The summed E-state index contributed by atoms with van der Waals surface area (Å²) in [5.74, 6) is 1.55. The first-order chi connectivity index (χ1) is 25.2. The monoisotopic (exact) mass is 764 g/mol. The third kappa shape index (κ3) is 4.88. The molecule has 5 heteroatoms. The minimum atomic E-state index is 0.688. The SMILES string of the molecule is Ic1c(-c2ccccc2)nc(-c2ccc(-c3ccccc3)cc2)nc1-n1c2ccccc2c2ccc(-n3c4ccccc4c4ccccc43)cc21. The van der Waals surface area contributed by atoms with Gasteiger partial charge in [0.2, 0.25) is 0 Å². The molecule has 0 spiro atoms. The van der Waals surface area contributed by atoms with Crippen molar-refractivity contribution in [2.24, 2.45) is 0 Å². The van der Waals surface area contributed by atoms with Crippen LogP contribution in [0.25, 0.3) is 88.9 Å². The molecular weight excluding hydrogens is 735 g/mol. The lowest BCUT2D eigenvalue weighted by atomic mass is 10.0. The van der Waals surface area contributed by atoms with Crippen LogP contribution in [0.5, 0.6) is 0 Å². The molecule has 0 aliphatic heterocycles. The van der Waals surface area contributed by atoms with Crippen molar-refractivity contribution in [1.29, 1.82) is 0 Å². The van der Waals surface area contributed by atoms with E-state index in [4.69, 9.17) is 9.97 Å². The van der Waals surface area contributed by atoms with Crippen molar-refractivity contribution < 1.29 is 0 Å². The molecule has 0 unspecified atom stereocenters. The van der Waals surface area contributed by atoms with E-state index in [-0.39, 0.29) is 0 Å². The molecule has 51 heavy (non-hydrogen) atoms. The first kappa shape index (κ1) is 29.8. The molecular formula is C46H29IN4. The number of benzene rings is 7. The highest BCUT2D eigenvalue weighted by Gasteiger charge is 2.22. The molecule has 0 amide bonds. The van der Waals surface area contributed by atoms with E-state index in [1.54, 1.807) is 0 Å². The summed E-state index contributed by atoms with van der Waals surface area (Å²) in [6.45, 7) is 0. The maximum absolute atomic E-state index is 5.40. The van der Waals surface area contributed by atoms with Gasteiger partial charge in [0, 0.05) is 38.4 Å². The molecule has 0 aliphatic carbocycles. The van der Waals surface area contributed by atoms with E-state index >= 15 is 0 Å². The van der Waals surface area contributed by atoms with Gasteiger partial charge in [0.1, 0.15) is 0 Å². The average molecular weight is 765 g/mol. The molecule has 3 heterocycles. The Hall–Kier alpha value is -6.05. The fourth-order valence-electron chi connectivity index (χ4n) is 7.47. The third-order valence-electron chi connectivity index (χ3n) is 9.84. The van der Waals surface area contributed by atoms with E-state index in [2.05, 4.69) is 196 Å². The summed E-state index contributed by atoms with van der Waals surface area (Å²) in [6.07, 6.45) is 0. The summed E-state index contributed by atoms with van der Waals surface area (Å²) >= 11 is 2.45. The maximum atomic E-state index is 5.40. The van der Waals surface area contributed by atoms with Crippen molar-refractivity contribution in [2.45, 2.75) is 0 Å². The highest BCUT2D eigenvalue weighted by molar-refractivity contribution is 14.1. The Labute approximate surface area is 308 Å². The van der Waals surface area contributed by atoms with Crippen LogP contribution in [0, 0.1) is 3.57 Å². The van der Waals surface area contributed by atoms with Crippen LogP contribution in [0.1, 0.15) is 0 Å². The Morgan fingerprint density at radius 2 is 0.843 bits per heavy atom. The van der Waals surface area contributed by atoms with E-state index in [0.29, 0.717) is 5.82 Å². The summed E-state index contributed by atoms with van der Waals surface area (Å²) in [5, 5.41) is 4.86. The lowest BCUT2D eigenvalue weighted by Gasteiger charge is -2.16. The van der Waals surface area contributed by atoms with Crippen LogP contribution in [0.15, 0.2) is 176 Å². The van der Waals surface area contributed by atoms with Crippen molar-refractivity contribution in [1.82, 2.24) is 19.1 Å². The minimum absolute atomic E-state index is 0.688. The van der Waals surface area contributed by atoms with E-state index in [9.17, 15) is 0 Å². The zero-order chi connectivity index (χ0) is 33.9. The van der Waals surface area contributed by atoms with Gasteiger partial charge < -0.3 is 4.57 Å². The van der Waals surface area contributed by atoms with Gasteiger partial charge in [-0.1, -0.05) is 146 Å². The standard InChI is InChI=1S/C46H29IN4/c47-43-44(32-15-5-2-6-16-32)48-45(33-25-23-31(24-26-33)30-13-3-1-4-14-30)49-46(43)51-41-22-12-9-19-37(41)38-28-27-34(29-42(38)51)50-39-20-10-7-17-35(39)36-18-8-11-21-40(36)50/h1-29H. The number of halogens is 1.